The molecular formula is C47H51N5O4. The predicted octanol–water partition coefficient (Wildman–Crippen LogP) is 6.97. The summed E-state index contributed by atoms with van der Waals surface area (Å²) < 4.78 is 0. The monoisotopic (exact) mass is 749 g/mol. The summed E-state index contributed by atoms with van der Waals surface area (Å²) in [5.74, 6) is 0.821. The minimum absolute atomic E-state index is 0.234. The second-order valence-electron chi connectivity index (χ2n) is 16.3. The molecule has 9 heteroatoms. The van der Waals surface area contributed by atoms with Gasteiger partial charge in [0.05, 0.1) is 6.54 Å². The van der Waals surface area contributed by atoms with Gasteiger partial charge >= 0.3 is 0 Å². The second kappa shape index (κ2) is 15.6. The molecule has 4 heterocycles. The van der Waals surface area contributed by atoms with Crippen LogP contribution in [0.15, 0.2) is 103 Å². The predicted molar refractivity (Wildman–Crippen MR) is 219 cm³/mol. The van der Waals surface area contributed by atoms with Gasteiger partial charge in [-0.3, -0.25) is 19.3 Å². The number of carbonyl (C=O) groups excluding carboxylic acids is 3. The van der Waals surface area contributed by atoms with Crippen molar-refractivity contribution in [1.29, 1.82) is 0 Å². The van der Waals surface area contributed by atoms with Gasteiger partial charge in [-0.1, -0.05) is 60.7 Å². The van der Waals surface area contributed by atoms with Gasteiger partial charge < -0.3 is 14.9 Å². The SMILES string of the molecule is O=C1C=C(c2ccc(N3CCN(CC4CCN(c5ccc([C@@H]6c7ccc(O)cc7CC[C@@H]6c6ccccc6)cc5)CC4)CC3)cc2)CN1N1C(=O)CCCC1=O. The highest BCUT2D eigenvalue weighted by atomic mass is 16.3. The third kappa shape index (κ3) is 7.32. The molecule has 0 bridgehead atoms. The first-order valence-corrected chi connectivity index (χ1v) is 20.5. The highest BCUT2D eigenvalue weighted by Gasteiger charge is 2.37. The Hall–Kier alpha value is -5.41. The number of fused-ring (bicyclic) bond motifs is 1. The van der Waals surface area contributed by atoms with E-state index in [4.69, 9.17) is 0 Å². The number of phenolic OH excluding ortho intramolecular Hbond substituents is 1. The summed E-state index contributed by atoms with van der Waals surface area (Å²) in [6.45, 7) is 7.61. The number of carbonyl (C=O) groups is 3. The van der Waals surface area contributed by atoms with Crippen LogP contribution in [0.5, 0.6) is 5.75 Å². The van der Waals surface area contributed by atoms with Gasteiger partial charge in [0.1, 0.15) is 5.75 Å². The molecule has 3 saturated heterocycles. The lowest BCUT2D eigenvalue weighted by Gasteiger charge is -2.40. The fourth-order valence-electron chi connectivity index (χ4n) is 9.85. The summed E-state index contributed by atoms with van der Waals surface area (Å²) >= 11 is 0. The maximum Gasteiger partial charge on any atom is 0.266 e. The summed E-state index contributed by atoms with van der Waals surface area (Å²) in [4.78, 5) is 45.2. The fourth-order valence-corrected chi connectivity index (χ4v) is 9.85. The molecule has 5 aliphatic rings. The van der Waals surface area contributed by atoms with Gasteiger partial charge in [0.15, 0.2) is 0 Å². The number of imide groups is 1. The molecule has 3 fully saturated rings. The van der Waals surface area contributed by atoms with Crippen molar-refractivity contribution in [3.63, 3.8) is 0 Å². The van der Waals surface area contributed by atoms with Gasteiger partial charge in [0.2, 0.25) is 11.8 Å². The minimum Gasteiger partial charge on any atom is -0.508 e. The largest absolute Gasteiger partial charge is 0.508 e. The van der Waals surface area contributed by atoms with Gasteiger partial charge in [-0.05, 0) is 114 Å². The van der Waals surface area contributed by atoms with Crippen molar-refractivity contribution >= 4 is 34.7 Å². The number of aromatic hydroxyl groups is 1. The highest BCUT2D eigenvalue weighted by Crippen LogP contribution is 2.47. The standard InChI is InChI=1S/C47H51N5O4/c53-41-18-20-43-37(29-41)13-19-42(35-5-2-1-3-6-35)47(43)36-11-16-39(17-12-36)49-23-21-33(22-24-49)31-48-25-27-50(28-26-48)40-14-9-34(10-15-40)38-30-46(56)51(32-38)52-44(54)7-4-8-45(52)55/h1-3,5-6,9-12,14-18,20,29-30,33,42,47,53H,4,7-8,13,19,21-28,31-32H2/t42-,47+/m1/s1. The molecule has 4 aliphatic heterocycles. The molecule has 4 aromatic rings. The fraction of sp³-hybridized carbons (Fsp3) is 0.383. The Labute approximate surface area is 329 Å². The normalized spacial score (nSPS) is 22.4. The molecule has 0 unspecified atom stereocenters. The van der Waals surface area contributed by atoms with E-state index in [2.05, 4.69) is 87.5 Å². The van der Waals surface area contributed by atoms with Crippen LogP contribution in [0.3, 0.4) is 0 Å². The van der Waals surface area contributed by atoms with Crippen LogP contribution < -0.4 is 9.80 Å². The average Bonchev–Trinajstić information content (AvgIpc) is 3.62. The molecular weight excluding hydrogens is 699 g/mol. The van der Waals surface area contributed by atoms with Crippen LogP contribution in [-0.4, -0.2) is 90.1 Å². The Morgan fingerprint density at radius 3 is 2.00 bits per heavy atom. The van der Waals surface area contributed by atoms with Crippen molar-refractivity contribution in [1.82, 2.24) is 14.9 Å². The van der Waals surface area contributed by atoms with E-state index in [1.165, 1.54) is 51.5 Å². The van der Waals surface area contributed by atoms with Crippen LogP contribution in [-0.2, 0) is 20.8 Å². The van der Waals surface area contributed by atoms with Gasteiger partial charge in [-0.15, -0.1) is 0 Å². The van der Waals surface area contributed by atoms with Crippen LogP contribution in [0, 0.1) is 5.92 Å². The molecule has 0 radical (unpaired) electrons. The maximum absolute atomic E-state index is 12.7. The number of hydrogen-bond acceptors (Lipinski definition) is 7. The Morgan fingerprint density at radius 1 is 0.643 bits per heavy atom. The van der Waals surface area contributed by atoms with E-state index in [-0.39, 0.29) is 30.2 Å². The van der Waals surface area contributed by atoms with Crippen molar-refractivity contribution in [2.75, 3.05) is 62.2 Å². The molecule has 9 nitrogen and oxygen atoms in total. The van der Waals surface area contributed by atoms with Crippen molar-refractivity contribution in [3.8, 4) is 5.75 Å². The Balaban J connectivity index is 0.761. The smallest absolute Gasteiger partial charge is 0.266 e. The van der Waals surface area contributed by atoms with E-state index in [1.807, 2.05) is 24.3 Å². The summed E-state index contributed by atoms with van der Waals surface area (Å²) in [6.07, 6.45) is 7.15. The lowest BCUT2D eigenvalue weighted by Crippen LogP contribution is -2.52. The van der Waals surface area contributed by atoms with Crippen LogP contribution in [0.4, 0.5) is 11.4 Å². The first-order chi connectivity index (χ1) is 27.4. The number of hydrazine groups is 1. The first-order valence-electron chi connectivity index (χ1n) is 20.5. The number of benzene rings is 4. The molecule has 0 spiro atoms. The summed E-state index contributed by atoms with van der Waals surface area (Å²) in [5, 5.41) is 12.6. The molecule has 1 N–H and O–H groups in total. The third-order valence-corrected chi connectivity index (χ3v) is 12.9. The molecule has 9 rings (SSSR count). The quantitative estimate of drug-likeness (QED) is 0.195. The summed E-state index contributed by atoms with van der Waals surface area (Å²) in [6, 6.07) is 34.6. The van der Waals surface area contributed by atoms with E-state index in [9.17, 15) is 19.5 Å². The number of phenols is 1. The van der Waals surface area contributed by atoms with Crippen LogP contribution >= 0.6 is 0 Å². The lowest BCUT2D eigenvalue weighted by atomic mass is 9.69. The molecule has 1 aliphatic carbocycles. The maximum atomic E-state index is 12.7. The Morgan fingerprint density at radius 2 is 1.30 bits per heavy atom. The van der Waals surface area contributed by atoms with Crippen molar-refractivity contribution in [3.05, 3.63) is 131 Å². The van der Waals surface area contributed by atoms with Crippen molar-refractivity contribution < 1.29 is 19.5 Å². The van der Waals surface area contributed by atoms with Crippen LogP contribution in [0.2, 0.25) is 0 Å². The number of piperidine rings is 2. The number of hydrogen-bond donors (Lipinski definition) is 1. The van der Waals surface area contributed by atoms with E-state index < -0.39 is 0 Å². The zero-order chi connectivity index (χ0) is 38.2. The van der Waals surface area contributed by atoms with E-state index in [0.717, 1.165) is 74.8 Å². The van der Waals surface area contributed by atoms with Gasteiger partial charge in [-0.2, -0.15) is 5.01 Å². The Bertz CT molecular complexity index is 2080. The number of rotatable bonds is 8. The molecule has 0 aromatic heterocycles. The topological polar surface area (TPSA) is 87.6 Å². The lowest BCUT2D eigenvalue weighted by molar-refractivity contribution is -0.172. The number of amides is 3. The summed E-state index contributed by atoms with van der Waals surface area (Å²) in [7, 11) is 0. The minimum atomic E-state index is -0.314. The zero-order valence-electron chi connectivity index (χ0n) is 32.1. The second-order valence-corrected chi connectivity index (χ2v) is 16.3. The number of anilines is 2. The first kappa shape index (κ1) is 36.2. The van der Waals surface area contributed by atoms with Gasteiger partial charge in [0, 0.05) is 82.0 Å². The number of piperazine rings is 1. The van der Waals surface area contributed by atoms with Gasteiger partial charge in [0.25, 0.3) is 5.91 Å². The van der Waals surface area contributed by atoms with Crippen molar-refractivity contribution in [2.24, 2.45) is 5.92 Å². The summed E-state index contributed by atoms with van der Waals surface area (Å²) in [5.41, 5.74) is 9.59. The molecule has 4 aromatic carbocycles. The van der Waals surface area contributed by atoms with Crippen LogP contribution in [0.1, 0.15) is 78.2 Å². The number of aryl methyl sites for hydroxylation is 1. The molecule has 3 amide bonds. The molecule has 288 valence electrons. The van der Waals surface area contributed by atoms with E-state index in [0.29, 0.717) is 36.8 Å². The number of nitrogens with zero attached hydrogens (tertiary/aromatic N) is 5. The third-order valence-electron chi connectivity index (χ3n) is 12.9. The van der Waals surface area contributed by atoms with E-state index >= 15 is 0 Å². The average molecular weight is 750 g/mol. The van der Waals surface area contributed by atoms with Gasteiger partial charge in [-0.25, -0.2) is 5.01 Å². The van der Waals surface area contributed by atoms with E-state index in [1.54, 1.807) is 6.08 Å². The molecule has 0 saturated carbocycles. The highest BCUT2D eigenvalue weighted by molar-refractivity contribution is 6.05. The van der Waals surface area contributed by atoms with Crippen molar-refractivity contribution in [2.45, 2.75) is 56.8 Å². The molecule has 56 heavy (non-hydrogen) atoms. The zero-order valence-corrected chi connectivity index (χ0v) is 32.1. The van der Waals surface area contributed by atoms with Crippen LogP contribution in [0.25, 0.3) is 5.57 Å². The Kier molecular flexibility index (Phi) is 10.1. The molecule has 2 atom stereocenters.